The van der Waals surface area contributed by atoms with Crippen LogP contribution in [-0.4, -0.2) is 29.5 Å². The normalized spacial score (nSPS) is 17.6. The molecule has 5 aliphatic carbocycles. The van der Waals surface area contributed by atoms with E-state index in [1.165, 1.54) is 55.7 Å². The summed E-state index contributed by atoms with van der Waals surface area (Å²) in [4.78, 5) is 29.2. The Morgan fingerprint density at radius 2 is 1.04 bits per heavy atom. The van der Waals surface area contributed by atoms with E-state index in [9.17, 15) is 0 Å². The van der Waals surface area contributed by atoms with Gasteiger partial charge in [0.05, 0.1) is 67.3 Å². The van der Waals surface area contributed by atoms with Gasteiger partial charge in [-0.2, -0.15) is 0 Å². The number of hydrogen-bond donors (Lipinski definition) is 1. The number of benzene rings is 10. The maximum absolute atomic E-state index is 7.97. The molecule has 0 radical (unpaired) electrons. The Balaban J connectivity index is 0.878. The first-order valence-corrected chi connectivity index (χ1v) is 34.7. The van der Waals surface area contributed by atoms with Crippen molar-refractivity contribution >= 4 is 104 Å². The van der Waals surface area contributed by atoms with Crippen molar-refractivity contribution in [1.29, 1.82) is 0 Å². The molecule has 1 saturated carbocycles. The quantitative estimate of drug-likeness (QED) is 0.0630. The van der Waals surface area contributed by atoms with Crippen molar-refractivity contribution in [2.24, 2.45) is 11.8 Å². The van der Waals surface area contributed by atoms with Gasteiger partial charge >= 0.3 is 0 Å². The summed E-state index contributed by atoms with van der Waals surface area (Å²) in [7, 11) is 0. The molecule has 0 aliphatic heterocycles. The van der Waals surface area contributed by atoms with Gasteiger partial charge in [-0.25, -0.2) is 4.98 Å². The van der Waals surface area contributed by atoms with Crippen molar-refractivity contribution in [2.45, 2.75) is 49.5 Å². The van der Waals surface area contributed by atoms with Gasteiger partial charge in [0, 0.05) is 85.1 Å². The van der Waals surface area contributed by atoms with Gasteiger partial charge in [-0.15, -0.1) is 0 Å². The zero-order chi connectivity index (χ0) is 65.5. The van der Waals surface area contributed by atoms with Gasteiger partial charge in [-0.3, -0.25) is 24.5 Å². The third kappa shape index (κ3) is 8.05. The lowest BCUT2D eigenvalue weighted by molar-refractivity contribution is 0.467. The minimum absolute atomic E-state index is 0.0730. The molecule has 20 rings (SSSR count). The molecule has 3 atom stereocenters. The third-order valence-corrected chi connectivity index (χ3v) is 22.7. The van der Waals surface area contributed by atoms with Crippen LogP contribution in [0.5, 0.6) is 0 Å². The molecule has 8 heteroatoms. The van der Waals surface area contributed by atoms with Crippen LogP contribution in [0.2, 0.25) is 0 Å². The molecule has 5 heterocycles. The summed E-state index contributed by atoms with van der Waals surface area (Å²) in [5, 5.41) is 7.90. The number of nitrogens with two attached hydrogens (primary N) is 1. The van der Waals surface area contributed by atoms with Crippen molar-refractivity contribution in [3.63, 3.8) is 0 Å². The van der Waals surface area contributed by atoms with Crippen LogP contribution in [0.3, 0.4) is 0 Å². The summed E-state index contributed by atoms with van der Waals surface area (Å²) >= 11 is 0. The van der Waals surface area contributed by atoms with Crippen LogP contribution in [0.15, 0.2) is 321 Å². The first-order valence-electron chi connectivity index (χ1n) is 34.7. The lowest BCUT2D eigenvalue weighted by atomic mass is 9.62. The lowest BCUT2D eigenvalue weighted by Crippen LogP contribution is -2.35. The van der Waals surface area contributed by atoms with Crippen LogP contribution in [0.4, 0.5) is 17.1 Å². The Morgan fingerprint density at radius 1 is 0.505 bits per heavy atom. The van der Waals surface area contributed by atoms with Crippen LogP contribution < -0.4 is 10.6 Å². The predicted octanol–water partition coefficient (Wildman–Crippen LogP) is 21.3. The molecular formula is C91H66N8. The fourth-order valence-corrected chi connectivity index (χ4v) is 18.8. The minimum atomic E-state index is -0.545. The fraction of sp³-hybridized carbons (Fsp3) is 0.110. The molecule has 0 amide bonds. The first-order chi connectivity index (χ1) is 49.0. The monoisotopic (exact) mass is 1270 g/mol. The second kappa shape index (κ2) is 22.2. The Hall–Kier alpha value is -12.1. The van der Waals surface area contributed by atoms with Gasteiger partial charge in [0.15, 0.2) is 0 Å². The minimum Gasteiger partial charge on any atom is -0.396 e. The number of nitrogen functional groups attached to an aromatic ring is 1. The average Bonchev–Trinajstić information content (AvgIpc) is 1.59. The van der Waals surface area contributed by atoms with E-state index >= 15 is 0 Å². The SMILES string of the molecule is CC(c1ccc2c(c1)C(c1ccccc1)(c1ccccc1)C1=C2C=CCC1)N(c1c2ccccc2c(-n2c(C3=CC=C4C5CC=CC=C5C(c5ccccc5)(c5ccccc5)C4C3)nc3c4cccnc4c4ncccc4c32)c2ccccc12)c1c(N)c2cccnc2c2ncccc12. The maximum atomic E-state index is 7.97. The molecule has 0 spiro atoms. The molecule has 0 saturated heterocycles. The van der Waals surface area contributed by atoms with Gasteiger partial charge in [0.1, 0.15) is 5.82 Å². The number of imidazole rings is 1. The van der Waals surface area contributed by atoms with Crippen LogP contribution >= 0.6 is 0 Å². The van der Waals surface area contributed by atoms with E-state index in [0.717, 1.165) is 136 Å². The number of hydrogen-bond acceptors (Lipinski definition) is 7. The van der Waals surface area contributed by atoms with Crippen LogP contribution in [0.25, 0.3) is 93.0 Å². The highest BCUT2D eigenvalue weighted by Crippen LogP contribution is 2.65. The van der Waals surface area contributed by atoms with Crippen molar-refractivity contribution in [1.82, 2.24) is 29.5 Å². The van der Waals surface area contributed by atoms with E-state index < -0.39 is 10.8 Å². The first kappa shape index (κ1) is 57.1. The third-order valence-electron chi connectivity index (χ3n) is 22.7. The highest BCUT2D eigenvalue weighted by molar-refractivity contribution is 6.26. The van der Waals surface area contributed by atoms with Gasteiger partial charge in [-0.05, 0) is 142 Å². The summed E-state index contributed by atoms with van der Waals surface area (Å²) in [6.45, 7) is 2.37. The van der Waals surface area contributed by atoms with Gasteiger partial charge < -0.3 is 10.6 Å². The highest BCUT2D eigenvalue weighted by atomic mass is 15.2. The van der Waals surface area contributed by atoms with E-state index in [1.807, 2.05) is 43.0 Å². The molecule has 0 bridgehead atoms. The number of rotatable bonds is 10. The zero-order valence-electron chi connectivity index (χ0n) is 54.6. The van der Waals surface area contributed by atoms with Crippen LogP contribution in [0, 0.1) is 11.8 Å². The number of pyridine rings is 4. The number of nitrogens with zero attached hydrogens (tertiary/aromatic N) is 7. The van der Waals surface area contributed by atoms with Crippen molar-refractivity contribution in [3.05, 3.63) is 365 Å². The van der Waals surface area contributed by atoms with Crippen molar-refractivity contribution in [3.8, 4) is 5.69 Å². The molecule has 2 N–H and O–H groups in total. The summed E-state index contributed by atoms with van der Waals surface area (Å²) in [6, 6.07) is 86.9. The number of fused-ring (bicyclic) bond motifs is 16. The maximum Gasteiger partial charge on any atom is 0.141 e. The molecule has 3 unspecified atom stereocenters. The molecule has 99 heavy (non-hydrogen) atoms. The predicted molar refractivity (Wildman–Crippen MR) is 406 cm³/mol. The Morgan fingerprint density at radius 3 is 1.68 bits per heavy atom. The summed E-state index contributed by atoms with van der Waals surface area (Å²) in [5.74, 6) is 1.21. The lowest BCUT2D eigenvalue weighted by Gasteiger charge is -2.40. The van der Waals surface area contributed by atoms with Gasteiger partial charge in [0.25, 0.3) is 0 Å². The van der Waals surface area contributed by atoms with Crippen LogP contribution in [-0.2, 0) is 10.8 Å². The van der Waals surface area contributed by atoms with E-state index in [1.54, 1.807) is 0 Å². The molecule has 5 aliphatic rings. The standard InChI is InChI=1S/C91H66N8/c1-56(57-46-48-65-63-34-18-20-44-75(63)90(77(65)54-57,59-26-6-2-7-27-59)60-28-8-3-9-29-60)98(87-73-42-24-52-95-82(73)80-71(79(87)92)40-22-50-93-80)85-67-36-14-16-38-69(67)86(70-39-17-15-37-68(70)85)99-88-74-43-25-53-96-83(74)81-72(41-23-51-94-81)84(88)97-89(99)58-47-49-66-64-35-19-21-45-76(64)91(78(66)55-58,61-30-10-4-11-31-61)62-32-12-5-13-33-62/h2-19,21-34,36-43,45-54,56,64,78H,20,35,44,55,92H2,1H3. The molecule has 10 aromatic carbocycles. The Bertz CT molecular complexity index is 5960. The molecule has 8 nitrogen and oxygen atoms in total. The zero-order valence-corrected chi connectivity index (χ0v) is 54.6. The largest absolute Gasteiger partial charge is 0.396 e. The average molecular weight is 1270 g/mol. The molecular weight excluding hydrogens is 1210 g/mol. The smallest absolute Gasteiger partial charge is 0.141 e. The van der Waals surface area contributed by atoms with Crippen molar-refractivity contribution in [2.75, 3.05) is 10.6 Å². The van der Waals surface area contributed by atoms with E-state index in [0.29, 0.717) is 5.69 Å². The van der Waals surface area contributed by atoms with E-state index in [4.69, 9.17) is 30.7 Å². The second-order valence-corrected chi connectivity index (χ2v) is 27.3. The Labute approximate surface area is 573 Å². The van der Waals surface area contributed by atoms with Gasteiger partial charge in [0.2, 0.25) is 0 Å². The summed E-state index contributed by atoms with van der Waals surface area (Å²) in [6.07, 6.45) is 27.8. The Kier molecular flexibility index (Phi) is 12.8. The fourth-order valence-electron chi connectivity index (χ4n) is 18.8. The van der Waals surface area contributed by atoms with E-state index in [2.05, 4.69) is 277 Å². The number of allylic oxidation sites excluding steroid dienone is 12. The molecule has 470 valence electrons. The van der Waals surface area contributed by atoms with Crippen molar-refractivity contribution < 1.29 is 0 Å². The highest BCUT2D eigenvalue weighted by Gasteiger charge is 2.57. The molecule has 15 aromatic rings. The second-order valence-electron chi connectivity index (χ2n) is 27.3. The van der Waals surface area contributed by atoms with Crippen LogP contribution in [0.1, 0.15) is 83.4 Å². The number of anilines is 3. The summed E-state index contributed by atoms with van der Waals surface area (Å²) in [5.41, 5.74) is 31.3. The topological polar surface area (TPSA) is 98.6 Å². The summed E-state index contributed by atoms with van der Waals surface area (Å²) < 4.78 is 2.53. The van der Waals surface area contributed by atoms with Gasteiger partial charge in [-0.1, -0.05) is 236 Å². The van der Waals surface area contributed by atoms with E-state index in [-0.39, 0.29) is 17.9 Å². The molecule has 1 fully saturated rings. The molecule has 5 aromatic heterocycles. The number of aromatic nitrogens is 6.